The van der Waals surface area contributed by atoms with Crippen LogP contribution >= 0.6 is 0 Å². The van der Waals surface area contributed by atoms with Gasteiger partial charge < -0.3 is 14.2 Å². The lowest BCUT2D eigenvalue weighted by Gasteiger charge is -2.18. The largest absolute Gasteiger partial charge is 0.493 e. The van der Waals surface area contributed by atoms with E-state index in [-0.39, 0.29) is 22.9 Å². The van der Waals surface area contributed by atoms with Crippen LogP contribution in [0.5, 0.6) is 11.5 Å². The fourth-order valence-electron chi connectivity index (χ4n) is 3.26. The van der Waals surface area contributed by atoms with Crippen molar-refractivity contribution in [1.29, 1.82) is 0 Å². The molecule has 0 atom stereocenters. The molecule has 2 aromatic carbocycles. The topological polar surface area (TPSA) is 125 Å². The van der Waals surface area contributed by atoms with E-state index in [1.54, 1.807) is 19.2 Å². The van der Waals surface area contributed by atoms with Crippen LogP contribution in [0.2, 0.25) is 0 Å². The summed E-state index contributed by atoms with van der Waals surface area (Å²) in [5.74, 6) is 0.712. The molecule has 0 aliphatic carbocycles. The van der Waals surface area contributed by atoms with Crippen LogP contribution in [0.3, 0.4) is 0 Å². The molecule has 2 aromatic rings. The number of hydrogen-bond acceptors (Lipinski definition) is 7. The highest BCUT2D eigenvalue weighted by Gasteiger charge is 2.34. The molecule has 0 radical (unpaired) electrons. The van der Waals surface area contributed by atoms with E-state index in [1.807, 2.05) is 0 Å². The lowest BCUT2D eigenvalue weighted by atomic mass is 10.1. The average Bonchev–Trinajstić information content (AvgIpc) is 3.15. The SMILES string of the molecule is COCCCOc1cc(S(=O)(=O)N2Cc3cccc(S(N)(=O)=O)c3C2)ccc1OC. The van der Waals surface area contributed by atoms with Gasteiger partial charge in [-0.15, -0.1) is 0 Å². The van der Waals surface area contributed by atoms with Gasteiger partial charge in [0.2, 0.25) is 20.0 Å². The minimum absolute atomic E-state index is 0.0232. The Morgan fingerprint density at radius 3 is 2.43 bits per heavy atom. The van der Waals surface area contributed by atoms with Gasteiger partial charge in [0.25, 0.3) is 0 Å². The molecule has 0 saturated heterocycles. The first-order valence-electron chi connectivity index (χ1n) is 9.12. The number of methoxy groups -OCH3 is 2. The zero-order valence-electron chi connectivity index (χ0n) is 16.7. The first kappa shape index (κ1) is 22.5. The van der Waals surface area contributed by atoms with Crippen molar-refractivity contribution >= 4 is 20.0 Å². The molecule has 0 saturated carbocycles. The van der Waals surface area contributed by atoms with Gasteiger partial charge >= 0.3 is 0 Å². The molecule has 0 amide bonds. The molecule has 11 heteroatoms. The van der Waals surface area contributed by atoms with Gasteiger partial charge in [0, 0.05) is 39.3 Å². The second-order valence-electron chi connectivity index (χ2n) is 6.72. The molecule has 0 unspecified atom stereocenters. The van der Waals surface area contributed by atoms with Crippen molar-refractivity contribution in [3.63, 3.8) is 0 Å². The molecular formula is C19H24N2O7S2. The third-order valence-corrected chi connectivity index (χ3v) is 7.52. The van der Waals surface area contributed by atoms with Gasteiger partial charge in [0.05, 0.1) is 23.5 Å². The Morgan fingerprint density at radius 2 is 1.77 bits per heavy atom. The first-order valence-corrected chi connectivity index (χ1v) is 12.1. The van der Waals surface area contributed by atoms with E-state index in [0.29, 0.717) is 42.3 Å². The third kappa shape index (κ3) is 4.60. The number of nitrogens with two attached hydrogens (primary N) is 1. The maximum Gasteiger partial charge on any atom is 0.243 e. The molecule has 0 bridgehead atoms. The Labute approximate surface area is 176 Å². The molecule has 0 fully saturated rings. The van der Waals surface area contributed by atoms with Crippen LogP contribution in [0.25, 0.3) is 0 Å². The predicted octanol–water partition coefficient (Wildman–Crippen LogP) is 1.46. The van der Waals surface area contributed by atoms with Gasteiger partial charge in [-0.25, -0.2) is 22.0 Å². The Bertz CT molecular complexity index is 1130. The molecule has 0 aromatic heterocycles. The predicted molar refractivity (Wildman–Crippen MR) is 109 cm³/mol. The molecule has 0 spiro atoms. The van der Waals surface area contributed by atoms with Gasteiger partial charge in [0.1, 0.15) is 0 Å². The molecule has 30 heavy (non-hydrogen) atoms. The summed E-state index contributed by atoms with van der Waals surface area (Å²) in [7, 11) is -4.82. The summed E-state index contributed by atoms with van der Waals surface area (Å²) in [6, 6.07) is 8.98. The summed E-state index contributed by atoms with van der Waals surface area (Å²) in [6.07, 6.45) is 0.633. The number of ether oxygens (including phenoxy) is 3. The molecular weight excluding hydrogens is 432 g/mol. The van der Waals surface area contributed by atoms with Crippen molar-refractivity contribution in [2.24, 2.45) is 5.14 Å². The Balaban J connectivity index is 1.89. The third-order valence-electron chi connectivity index (χ3n) is 4.74. The maximum absolute atomic E-state index is 13.2. The van der Waals surface area contributed by atoms with Gasteiger partial charge in [-0.2, -0.15) is 4.31 Å². The average molecular weight is 457 g/mol. The zero-order valence-corrected chi connectivity index (χ0v) is 18.3. The van der Waals surface area contributed by atoms with Crippen LogP contribution in [-0.4, -0.2) is 48.6 Å². The number of primary sulfonamides is 1. The Hall–Kier alpha value is -2.18. The van der Waals surface area contributed by atoms with E-state index in [9.17, 15) is 16.8 Å². The van der Waals surface area contributed by atoms with Crippen molar-refractivity contribution in [3.8, 4) is 11.5 Å². The second-order valence-corrected chi connectivity index (χ2v) is 10.2. The van der Waals surface area contributed by atoms with E-state index in [0.717, 1.165) is 0 Å². The number of hydrogen-bond donors (Lipinski definition) is 1. The summed E-state index contributed by atoms with van der Waals surface area (Å²) in [5.41, 5.74) is 1.00. The summed E-state index contributed by atoms with van der Waals surface area (Å²) < 4.78 is 67.3. The molecule has 3 rings (SSSR count). The summed E-state index contributed by atoms with van der Waals surface area (Å²) in [4.78, 5) is -0.0374. The van der Waals surface area contributed by atoms with Crippen molar-refractivity contribution in [2.75, 3.05) is 27.4 Å². The summed E-state index contributed by atoms with van der Waals surface area (Å²) in [6.45, 7) is 0.816. The van der Waals surface area contributed by atoms with E-state index in [1.165, 1.54) is 35.7 Å². The van der Waals surface area contributed by atoms with Gasteiger partial charge in [0.15, 0.2) is 11.5 Å². The summed E-state index contributed by atoms with van der Waals surface area (Å²) in [5, 5.41) is 5.28. The number of benzene rings is 2. The van der Waals surface area contributed by atoms with Crippen molar-refractivity contribution in [1.82, 2.24) is 4.31 Å². The maximum atomic E-state index is 13.2. The quantitative estimate of drug-likeness (QED) is 0.566. The highest BCUT2D eigenvalue weighted by atomic mass is 32.2. The van der Waals surface area contributed by atoms with Crippen molar-refractivity contribution in [3.05, 3.63) is 47.5 Å². The number of sulfonamides is 2. The Morgan fingerprint density at radius 1 is 1.00 bits per heavy atom. The lowest BCUT2D eigenvalue weighted by molar-refractivity contribution is 0.170. The van der Waals surface area contributed by atoms with Gasteiger partial charge in [-0.1, -0.05) is 12.1 Å². The molecule has 2 N–H and O–H groups in total. The van der Waals surface area contributed by atoms with Gasteiger partial charge in [-0.05, 0) is 29.3 Å². The molecule has 1 aliphatic rings. The number of nitrogens with zero attached hydrogens (tertiary/aromatic N) is 1. The van der Waals surface area contributed by atoms with Crippen LogP contribution in [0.4, 0.5) is 0 Å². The second kappa shape index (κ2) is 8.90. The van der Waals surface area contributed by atoms with Crippen LogP contribution in [0.1, 0.15) is 17.5 Å². The van der Waals surface area contributed by atoms with E-state index in [4.69, 9.17) is 19.3 Å². The Kier molecular flexibility index (Phi) is 6.68. The van der Waals surface area contributed by atoms with Crippen LogP contribution < -0.4 is 14.6 Å². The number of rotatable bonds is 9. The minimum Gasteiger partial charge on any atom is -0.493 e. The summed E-state index contributed by atoms with van der Waals surface area (Å²) >= 11 is 0. The van der Waals surface area contributed by atoms with Crippen LogP contribution in [-0.2, 0) is 37.9 Å². The standard InChI is InChI=1S/C19H24N2O7S2/c1-26-9-4-10-28-18-11-15(7-8-17(18)27-2)30(24,25)21-12-14-5-3-6-19(16(14)13-21)29(20,22)23/h3,5-8,11H,4,9-10,12-13H2,1-2H3,(H2,20,22,23). The van der Waals surface area contributed by atoms with E-state index in [2.05, 4.69) is 0 Å². The first-order chi connectivity index (χ1) is 14.2. The fourth-order valence-corrected chi connectivity index (χ4v) is 5.47. The minimum atomic E-state index is -3.96. The monoisotopic (exact) mass is 456 g/mol. The van der Waals surface area contributed by atoms with E-state index >= 15 is 0 Å². The zero-order chi connectivity index (χ0) is 21.9. The van der Waals surface area contributed by atoms with Gasteiger partial charge in [-0.3, -0.25) is 0 Å². The molecule has 1 heterocycles. The van der Waals surface area contributed by atoms with E-state index < -0.39 is 20.0 Å². The lowest BCUT2D eigenvalue weighted by Crippen LogP contribution is -2.26. The number of fused-ring (bicyclic) bond motifs is 1. The van der Waals surface area contributed by atoms with Crippen LogP contribution in [0.15, 0.2) is 46.2 Å². The van der Waals surface area contributed by atoms with Crippen LogP contribution in [0, 0.1) is 0 Å². The smallest absolute Gasteiger partial charge is 0.243 e. The van der Waals surface area contributed by atoms with Crippen molar-refractivity contribution in [2.45, 2.75) is 29.3 Å². The van der Waals surface area contributed by atoms with Crippen molar-refractivity contribution < 1.29 is 31.0 Å². The highest BCUT2D eigenvalue weighted by Crippen LogP contribution is 2.35. The normalized spacial score (nSPS) is 14.5. The molecule has 1 aliphatic heterocycles. The molecule has 164 valence electrons. The highest BCUT2D eigenvalue weighted by molar-refractivity contribution is 7.89. The molecule has 9 nitrogen and oxygen atoms in total. The fraction of sp³-hybridized carbons (Fsp3) is 0.368.